The van der Waals surface area contributed by atoms with Crippen molar-refractivity contribution in [2.45, 2.75) is 51.6 Å². The van der Waals surface area contributed by atoms with Gasteiger partial charge in [-0.25, -0.2) is 8.78 Å². The molecule has 2 aromatic carbocycles. The van der Waals surface area contributed by atoms with Gasteiger partial charge < -0.3 is 14.5 Å². The number of benzene rings is 2. The number of ether oxygens (including phenoxy) is 1. The van der Waals surface area contributed by atoms with Crippen molar-refractivity contribution in [3.63, 3.8) is 0 Å². The van der Waals surface area contributed by atoms with E-state index in [1.165, 1.54) is 0 Å². The van der Waals surface area contributed by atoms with Crippen LogP contribution in [0.2, 0.25) is 0 Å². The summed E-state index contributed by atoms with van der Waals surface area (Å²) in [6.45, 7) is 3.37. The fraction of sp³-hybridized carbons (Fsp3) is 0.481. The van der Waals surface area contributed by atoms with E-state index in [2.05, 4.69) is 6.07 Å². The van der Waals surface area contributed by atoms with Gasteiger partial charge in [0.2, 0.25) is 0 Å². The van der Waals surface area contributed by atoms with Crippen molar-refractivity contribution in [1.82, 2.24) is 9.80 Å². The molecule has 1 fully saturated rings. The van der Waals surface area contributed by atoms with E-state index in [9.17, 15) is 18.4 Å². The molecule has 0 aromatic heterocycles. The van der Waals surface area contributed by atoms with Crippen LogP contribution in [0.1, 0.15) is 54.9 Å². The lowest BCUT2D eigenvalue weighted by molar-refractivity contribution is -0.138. The minimum atomic E-state index is -0.755. The number of amides is 2. The third kappa shape index (κ3) is 5.40. The monoisotopic (exact) mass is 470 g/mol. The minimum Gasteiger partial charge on any atom is -0.481 e. The summed E-state index contributed by atoms with van der Waals surface area (Å²) in [4.78, 5) is 29.4. The Kier molecular flexibility index (Phi) is 7.19. The van der Waals surface area contributed by atoms with Gasteiger partial charge in [0, 0.05) is 38.3 Å². The van der Waals surface area contributed by atoms with Gasteiger partial charge in [0.25, 0.3) is 11.8 Å². The Bertz CT molecular complexity index is 1030. The number of rotatable bonds is 1. The Morgan fingerprint density at radius 3 is 2.41 bits per heavy atom. The molecule has 5 nitrogen and oxygen atoms in total. The first-order chi connectivity index (χ1) is 16.3. The van der Waals surface area contributed by atoms with Crippen molar-refractivity contribution < 1.29 is 23.1 Å². The smallest absolute Gasteiger partial charge is 0.263 e. The van der Waals surface area contributed by atoms with Crippen molar-refractivity contribution in [2.75, 3.05) is 26.7 Å². The van der Waals surface area contributed by atoms with E-state index < -0.39 is 17.7 Å². The number of aryl methyl sites for hydroxylation is 1. The van der Waals surface area contributed by atoms with Gasteiger partial charge in [-0.1, -0.05) is 24.6 Å². The van der Waals surface area contributed by atoms with Crippen molar-refractivity contribution in [3.8, 4) is 5.75 Å². The SMILES string of the molecule is C[C@H]1Oc2ccccc2CCCCC2(CCN(C(=O)c3cc(F)cc(F)c3)CC2)CN(C)C1=O. The molecule has 2 aliphatic heterocycles. The zero-order chi connectivity index (χ0) is 24.3. The molecule has 34 heavy (non-hydrogen) atoms. The van der Waals surface area contributed by atoms with Crippen LogP contribution in [0, 0.1) is 17.0 Å². The minimum absolute atomic E-state index is 0.0316. The van der Waals surface area contributed by atoms with E-state index in [4.69, 9.17) is 4.74 Å². The molecule has 0 saturated carbocycles. The van der Waals surface area contributed by atoms with Crippen LogP contribution in [-0.4, -0.2) is 54.4 Å². The number of hydrogen-bond acceptors (Lipinski definition) is 3. The first-order valence-corrected chi connectivity index (χ1v) is 12.0. The third-order valence-corrected chi connectivity index (χ3v) is 7.20. The normalized spacial score (nSPS) is 21.3. The standard InChI is InChI=1S/C27H32F2N2O3/c1-19-25(32)30(2)18-27(10-6-5-8-20-7-3-4-9-24(20)34-19)11-13-31(14-12-27)26(33)21-15-22(28)17-23(29)16-21/h3-4,7,9,15-17,19H,5-6,8,10-14,18H2,1-2H3/t19-/m1/s1. The van der Waals surface area contributed by atoms with Gasteiger partial charge in [0.1, 0.15) is 17.4 Å². The Hall–Kier alpha value is -2.96. The van der Waals surface area contributed by atoms with E-state index in [0.717, 1.165) is 68.0 Å². The number of piperidine rings is 1. The molecule has 0 aliphatic carbocycles. The topological polar surface area (TPSA) is 49.9 Å². The van der Waals surface area contributed by atoms with Gasteiger partial charge in [-0.3, -0.25) is 9.59 Å². The van der Waals surface area contributed by atoms with Gasteiger partial charge >= 0.3 is 0 Å². The van der Waals surface area contributed by atoms with E-state index in [1.54, 1.807) is 16.7 Å². The highest BCUT2D eigenvalue weighted by atomic mass is 19.1. The number of para-hydroxylation sites is 1. The summed E-state index contributed by atoms with van der Waals surface area (Å²) in [5.74, 6) is -1.16. The summed E-state index contributed by atoms with van der Waals surface area (Å²) >= 11 is 0. The highest BCUT2D eigenvalue weighted by Crippen LogP contribution is 2.39. The van der Waals surface area contributed by atoms with Gasteiger partial charge in [-0.15, -0.1) is 0 Å². The molecule has 1 spiro atoms. The maximum atomic E-state index is 13.6. The van der Waals surface area contributed by atoms with Crippen LogP contribution in [0.4, 0.5) is 8.78 Å². The molecule has 182 valence electrons. The molecule has 2 aliphatic rings. The van der Waals surface area contributed by atoms with E-state index in [0.29, 0.717) is 19.6 Å². The quantitative estimate of drug-likeness (QED) is 0.599. The fourth-order valence-electron chi connectivity index (χ4n) is 5.30. The zero-order valence-corrected chi connectivity index (χ0v) is 19.9. The van der Waals surface area contributed by atoms with Crippen LogP contribution in [0.25, 0.3) is 0 Å². The zero-order valence-electron chi connectivity index (χ0n) is 19.9. The number of carbonyl (C=O) groups excluding carboxylic acids is 2. The molecule has 0 unspecified atom stereocenters. The molecule has 7 heteroatoms. The first-order valence-electron chi connectivity index (χ1n) is 12.0. The lowest BCUT2D eigenvalue weighted by Crippen LogP contribution is -2.50. The lowest BCUT2D eigenvalue weighted by Gasteiger charge is -2.44. The number of nitrogens with zero attached hydrogens (tertiary/aromatic N) is 2. The Balaban J connectivity index is 1.48. The number of hydrogen-bond donors (Lipinski definition) is 0. The second kappa shape index (κ2) is 10.1. The summed E-state index contributed by atoms with van der Waals surface area (Å²) in [7, 11) is 1.81. The van der Waals surface area contributed by atoms with Crippen LogP contribution in [0.3, 0.4) is 0 Å². The van der Waals surface area contributed by atoms with Gasteiger partial charge in [0.15, 0.2) is 6.10 Å². The summed E-state index contributed by atoms with van der Waals surface area (Å²) in [6, 6.07) is 10.8. The summed E-state index contributed by atoms with van der Waals surface area (Å²) in [5, 5.41) is 0. The molecular formula is C27H32F2N2O3. The van der Waals surface area contributed by atoms with Crippen LogP contribution in [0.15, 0.2) is 42.5 Å². The number of fused-ring (bicyclic) bond motifs is 1. The molecule has 1 atom stereocenters. The molecular weight excluding hydrogens is 438 g/mol. The summed E-state index contributed by atoms with van der Waals surface area (Å²) in [6.07, 6.45) is 4.75. The molecule has 1 saturated heterocycles. The fourth-order valence-corrected chi connectivity index (χ4v) is 5.30. The van der Waals surface area contributed by atoms with Crippen molar-refractivity contribution in [2.24, 2.45) is 5.41 Å². The third-order valence-electron chi connectivity index (χ3n) is 7.20. The Morgan fingerprint density at radius 1 is 1.03 bits per heavy atom. The number of likely N-dealkylation sites (N-methyl/N-ethyl adjacent to an activating group) is 1. The Labute approximate surface area is 199 Å². The maximum Gasteiger partial charge on any atom is 0.263 e. The average molecular weight is 471 g/mol. The molecule has 2 aromatic rings. The summed E-state index contributed by atoms with van der Waals surface area (Å²) < 4.78 is 33.2. The van der Waals surface area contributed by atoms with E-state index >= 15 is 0 Å². The molecule has 2 heterocycles. The first kappa shape index (κ1) is 24.2. The van der Waals surface area contributed by atoms with E-state index in [1.807, 2.05) is 25.2 Å². The lowest BCUT2D eigenvalue weighted by atomic mass is 9.73. The van der Waals surface area contributed by atoms with Gasteiger partial charge in [0.05, 0.1) is 0 Å². The van der Waals surface area contributed by atoms with Crippen LogP contribution >= 0.6 is 0 Å². The van der Waals surface area contributed by atoms with Crippen molar-refractivity contribution >= 4 is 11.8 Å². The highest BCUT2D eigenvalue weighted by Gasteiger charge is 2.38. The van der Waals surface area contributed by atoms with Gasteiger partial charge in [-0.05, 0) is 68.2 Å². The Morgan fingerprint density at radius 2 is 1.71 bits per heavy atom. The molecule has 4 rings (SSSR count). The average Bonchev–Trinajstić information content (AvgIpc) is 2.81. The second-order valence-electron chi connectivity index (χ2n) is 9.72. The molecule has 0 bridgehead atoms. The predicted octanol–water partition coefficient (Wildman–Crippen LogP) is 4.84. The van der Waals surface area contributed by atoms with E-state index in [-0.39, 0.29) is 22.8 Å². The molecule has 0 radical (unpaired) electrons. The number of halogens is 2. The second-order valence-corrected chi connectivity index (χ2v) is 9.72. The molecule has 0 N–H and O–H groups in total. The maximum absolute atomic E-state index is 13.6. The predicted molar refractivity (Wildman–Crippen MR) is 126 cm³/mol. The van der Waals surface area contributed by atoms with Crippen LogP contribution in [0.5, 0.6) is 5.75 Å². The number of likely N-dealkylation sites (tertiary alicyclic amines) is 1. The largest absolute Gasteiger partial charge is 0.481 e. The van der Waals surface area contributed by atoms with Crippen LogP contribution in [-0.2, 0) is 11.2 Å². The number of carbonyl (C=O) groups is 2. The molecule has 2 amide bonds. The van der Waals surface area contributed by atoms with Crippen molar-refractivity contribution in [3.05, 3.63) is 65.2 Å². The highest BCUT2D eigenvalue weighted by molar-refractivity contribution is 5.94. The van der Waals surface area contributed by atoms with Crippen molar-refractivity contribution in [1.29, 1.82) is 0 Å². The van der Waals surface area contributed by atoms with Crippen LogP contribution < -0.4 is 4.74 Å². The van der Waals surface area contributed by atoms with Gasteiger partial charge in [-0.2, -0.15) is 0 Å². The summed E-state index contributed by atoms with van der Waals surface area (Å²) in [5.41, 5.74) is 1.04.